The highest BCUT2D eigenvalue weighted by Gasteiger charge is 2.18. The molecule has 1 aromatic carbocycles. The summed E-state index contributed by atoms with van der Waals surface area (Å²) in [4.78, 5) is 15.0. The van der Waals surface area contributed by atoms with Gasteiger partial charge in [0, 0.05) is 15.8 Å². The van der Waals surface area contributed by atoms with Gasteiger partial charge in [0.1, 0.15) is 6.54 Å². The van der Waals surface area contributed by atoms with Gasteiger partial charge in [-0.3, -0.25) is 4.79 Å². The van der Waals surface area contributed by atoms with Crippen LogP contribution < -0.4 is 5.32 Å². The van der Waals surface area contributed by atoms with Gasteiger partial charge in [-0.1, -0.05) is 36.4 Å². The summed E-state index contributed by atoms with van der Waals surface area (Å²) in [6, 6.07) is 15.6. The fourth-order valence-corrected chi connectivity index (χ4v) is 4.01. The molecular weight excluding hydrogens is 366 g/mol. The summed E-state index contributed by atoms with van der Waals surface area (Å²) >= 11 is 3.18. The van der Waals surface area contributed by atoms with Gasteiger partial charge in [0.15, 0.2) is 0 Å². The summed E-state index contributed by atoms with van der Waals surface area (Å²) in [5.41, 5.74) is 1.94. The Labute approximate surface area is 158 Å². The molecule has 0 spiro atoms. The molecule has 0 aliphatic rings. The van der Waals surface area contributed by atoms with Crippen LogP contribution in [0.5, 0.6) is 0 Å². The molecule has 8 heteroatoms. The van der Waals surface area contributed by atoms with Gasteiger partial charge < -0.3 is 5.32 Å². The van der Waals surface area contributed by atoms with Crippen LogP contribution in [0, 0.1) is 0 Å². The SMILES string of the molecule is O=C(Cn1nnc(-c2ccsc2)n1)N[C@H](c1ccccc1)c1cccs1. The molecule has 0 unspecified atom stereocenters. The lowest BCUT2D eigenvalue weighted by Crippen LogP contribution is -2.32. The summed E-state index contributed by atoms with van der Waals surface area (Å²) in [5.74, 6) is 0.360. The van der Waals surface area contributed by atoms with E-state index in [1.165, 1.54) is 4.80 Å². The fraction of sp³-hybridized carbons (Fsp3) is 0.111. The molecule has 0 saturated carbocycles. The minimum absolute atomic E-state index is 0.0197. The predicted octanol–water partition coefficient (Wildman–Crippen LogP) is 3.37. The van der Waals surface area contributed by atoms with Crippen LogP contribution >= 0.6 is 22.7 Å². The normalized spacial score (nSPS) is 12.0. The van der Waals surface area contributed by atoms with Crippen molar-refractivity contribution in [2.75, 3.05) is 0 Å². The van der Waals surface area contributed by atoms with E-state index in [1.807, 2.05) is 64.7 Å². The molecule has 130 valence electrons. The van der Waals surface area contributed by atoms with E-state index in [4.69, 9.17) is 0 Å². The van der Waals surface area contributed by atoms with Gasteiger partial charge in [-0.2, -0.15) is 16.1 Å². The number of rotatable bonds is 6. The zero-order chi connectivity index (χ0) is 17.8. The number of aromatic nitrogens is 4. The van der Waals surface area contributed by atoms with E-state index in [9.17, 15) is 4.79 Å². The Bertz CT molecular complexity index is 964. The van der Waals surface area contributed by atoms with Crippen LogP contribution in [0.25, 0.3) is 11.4 Å². The van der Waals surface area contributed by atoms with Gasteiger partial charge in [-0.05, 0) is 33.7 Å². The van der Waals surface area contributed by atoms with E-state index in [0.717, 1.165) is 16.0 Å². The number of nitrogens with zero attached hydrogens (tertiary/aromatic N) is 4. The van der Waals surface area contributed by atoms with Crippen molar-refractivity contribution in [3.63, 3.8) is 0 Å². The highest BCUT2D eigenvalue weighted by molar-refractivity contribution is 7.10. The van der Waals surface area contributed by atoms with Gasteiger partial charge in [-0.25, -0.2) is 0 Å². The van der Waals surface area contributed by atoms with E-state index in [1.54, 1.807) is 22.7 Å². The second-order valence-electron chi connectivity index (χ2n) is 5.58. The van der Waals surface area contributed by atoms with Crippen molar-refractivity contribution in [3.05, 3.63) is 75.1 Å². The first-order valence-electron chi connectivity index (χ1n) is 7.98. The first-order chi connectivity index (χ1) is 12.8. The van der Waals surface area contributed by atoms with Crippen LogP contribution in [0.4, 0.5) is 0 Å². The van der Waals surface area contributed by atoms with Crippen molar-refractivity contribution in [3.8, 4) is 11.4 Å². The molecule has 1 amide bonds. The Kier molecular flexibility index (Phi) is 4.85. The Balaban J connectivity index is 1.49. The van der Waals surface area contributed by atoms with Crippen LogP contribution in [0.1, 0.15) is 16.5 Å². The molecule has 0 radical (unpaired) electrons. The van der Waals surface area contributed by atoms with Crippen LogP contribution in [0.2, 0.25) is 0 Å². The maximum absolute atomic E-state index is 12.6. The smallest absolute Gasteiger partial charge is 0.244 e. The van der Waals surface area contributed by atoms with E-state index in [2.05, 4.69) is 20.7 Å². The second-order valence-corrected chi connectivity index (χ2v) is 7.34. The quantitative estimate of drug-likeness (QED) is 0.556. The molecule has 4 rings (SSSR count). The molecule has 6 nitrogen and oxygen atoms in total. The van der Waals surface area contributed by atoms with Gasteiger partial charge in [-0.15, -0.1) is 21.5 Å². The molecule has 4 aromatic rings. The van der Waals surface area contributed by atoms with Crippen molar-refractivity contribution in [2.45, 2.75) is 12.6 Å². The number of carbonyl (C=O) groups is 1. The summed E-state index contributed by atoms with van der Waals surface area (Å²) < 4.78 is 0. The van der Waals surface area contributed by atoms with Crippen LogP contribution in [0.15, 0.2) is 64.7 Å². The number of thiophene rings is 2. The van der Waals surface area contributed by atoms with E-state index in [0.29, 0.717) is 5.82 Å². The Morgan fingerprint density at radius 3 is 2.73 bits per heavy atom. The van der Waals surface area contributed by atoms with Crippen LogP contribution in [0.3, 0.4) is 0 Å². The van der Waals surface area contributed by atoms with Crippen molar-refractivity contribution in [1.82, 2.24) is 25.5 Å². The lowest BCUT2D eigenvalue weighted by Gasteiger charge is -2.17. The van der Waals surface area contributed by atoms with Gasteiger partial charge in [0.25, 0.3) is 0 Å². The lowest BCUT2D eigenvalue weighted by atomic mass is 10.1. The standard InChI is InChI=1S/C18H15N5OS2/c24-16(11-23-21-18(20-22-23)14-8-10-25-12-14)19-17(15-7-4-9-26-15)13-5-2-1-3-6-13/h1-10,12,17H,11H2,(H,19,24)/t17-/m1/s1. The molecule has 3 heterocycles. The third-order valence-corrected chi connectivity index (χ3v) is 5.40. The highest BCUT2D eigenvalue weighted by Crippen LogP contribution is 2.25. The molecule has 3 aromatic heterocycles. The first kappa shape index (κ1) is 16.6. The maximum atomic E-state index is 12.6. The molecule has 1 atom stereocenters. The zero-order valence-corrected chi connectivity index (χ0v) is 15.3. The largest absolute Gasteiger partial charge is 0.343 e. The van der Waals surface area contributed by atoms with E-state index in [-0.39, 0.29) is 18.5 Å². The van der Waals surface area contributed by atoms with Crippen LogP contribution in [-0.4, -0.2) is 26.1 Å². The molecule has 0 fully saturated rings. The maximum Gasteiger partial charge on any atom is 0.244 e. The van der Waals surface area contributed by atoms with E-state index < -0.39 is 0 Å². The number of benzene rings is 1. The molecule has 1 N–H and O–H groups in total. The van der Waals surface area contributed by atoms with Crippen molar-refractivity contribution in [1.29, 1.82) is 0 Å². The summed E-state index contributed by atoms with van der Waals surface area (Å²) in [6.07, 6.45) is 0. The first-order valence-corrected chi connectivity index (χ1v) is 9.80. The van der Waals surface area contributed by atoms with Gasteiger partial charge in [0.2, 0.25) is 11.7 Å². The Morgan fingerprint density at radius 1 is 1.12 bits per heavy atom. The summed E-state index contributed by atoms with van der Waals surface area (Å²) in [7, 11) is 0. The Morgan fingerprint density at radius 2 is 2.00 bits per heavy atom. The molecule has 26 heavy (non-hydrogen) atoms. The molecule has 0 aliphatic carbocycles. The average Bonchev–Trinajstić information content (AvgIpc) is 3.41. The number of carbonyl (C=O) groups excluding carboxylic acids is 1. The minimum atomic E-state index is -0.191. The zero-order valence-electron chi connectivity index (χ0n) is 13.6. The fourth-order valence-electron chi connectivity index (χ4n) is 2.57. The number of amides is 1. The van der Waals surface area contributed by atoms with Crippen molar-refractivity contribution >= 4 is 28.6 Å². The van der Waals surface area contributed by atoms with Crippen molar-refractivity contribution < 1.29 is 4.79 Å². The van der Waals surface area contributed by atoms with Crippen molar-refractivity contribution in [2.24, 2.45) is 0 Å². The molecule has 0 aliphatic heterocycles. The predicted molar refractivity (Wildman–Crippen MR) is 102 cm³/mol. The van der Waals surface area contributed by atoms with Gasteiger partial charge >= 0.3 is 0 Å². The third kappa shape index (κ3) is 3.71. The minimum Gasteiger partial charge on any atom is -0.343 e. The lowest BCUT2D eigenvalue weighted by molar-refractivity contribution is -0.122. The number of hydrogen-bond donors (Lipinski definition) is 1. The summed E-state index contributed by atoms with van der Waals surface area (Å²) in [5, 5.41) is 21.2. The molecule has 0 bridgehead atoms. The monoisotopic (exact) mass is 381 g/mol. The molecule has 0 saturated heterocycles. The van der Waals surface area contributed by atoms with E-state index >= 15 is 0 Å². The summed E-state index contributed by atoms with van der Waals surface area (Å²) in [6.45, 7) is 0.0197. The third-order valence-electron chi connectivity index (χ3n) is 3.78. The highest BCUT2D eigenvalue weighted by atomic mass is 32.1. The van der Waals surface area contributed by atoms with Gasteiger partial charge in [0.05, 0.1) is 6.04 Å². The number of hydrogen-bond acceptors (Lipinski definition) is 6. The number of nitrogens with one attached hydrogen (secondary N) is 1. The van der Waals surface area contributed by atoms with Crippen LogP contribution in [-0.2, 0) is 11.3 Å². The molecular formula is C18H15N5OS2. The Hall–Kier alpha value is -2.84. The topological polar surface area (TPSA) is 72.7 Å². The number of tetrazole rings is 1. The average molecular weight is 381 g/mol. The second kappa shape index (κ2) is 7.59.